The van der Waals surface area contributed by atoms with Crippen LogP contribution in [0.15, 0.2) is 18.3 Å². The second-order valence-electron chi connectivity index (χ2n) is 3.84. The van der Waals surface area contributed by atoms with Crippen LogP contribution in [0.25, 0.3) is 11.1 Å². The predicted molar refractivity (Wildman–Crippen MR) is 69.4 cm³/mol. The van der Waals surface area contributed by atoms with Gasteiger partial charge in [0.25, 0.3) is 0 Å². The molecule has 0 aliphatic heterocycles. The average molecular weight is 252 g/mol. The van der Waals surface area contributed by atoms with E-state index in [1.54, 1.807) is 25.0 Å². The van der Waals surface area contributed by atoms with E-state index in [4.69, 9.17) is 22.1 Å². The molecule has 0 aliphatic rings. The normalized spacial score (nSPS) is 10.6. The van der Waals surface area contributed by atoms with Gasteiger partial charge in [0.1, 0.15) is 11.6 Å². The number of ether oxygens (including phenoxy) is 1. The monoisotopic (exact) mass is 251 g/mol. The maximum atomic E-state index is 6.22. The number of aryl methyl sites for hydroxylation is 2. The molecule has 0 spiro atoms. The molecule has 0 amide bonds. The Morgan fingerprint density at radius 1 is 1.41 bits per heavy atom. The van der Waals surface area contributed by atoms with E-state index in [0.717, 1.165) is 22.4 Å². The lowest BCUT2D eigenvalue weighted by Crippen LogP contribution is -1.99. The van der Waals surface area contributed by atoms with Crippen molar-refractivity contribution in [1.82, 2.24) is 9.78 Å². The van der Waals surface area contributed by atoms with Crippen LogP contribution in [0, 0.1) is 6.92 Å². The molecular weight excluding hydrogens is 238 g/mol. The maximum absolute atomic E-state index is 6.22. The zero-order valence-corrected chi connectivity index (χ0v) is 10.7. The Morgan fingerprint density at radius 3 is 2.65 bits per heavy atom. The molecule has 0 unspecified atom stereocenters. The summed E-state index contributed by atoms with van der Waals surface area (Å²) in [5.74, 6) is 1.30. The number of hydrogen-bond donors (Lipinski definition) is 1. The van der Waals surface area contributed by atoms with Crippen molar-refractivity contribution in [3.63, 3.8) is 0 Å². The van der Waals surface area contributed by atoms with Gasteiger partial charge in [0.2, 0.25) is 0 Å². The Bertz CT molecular complexity index is 563. The van der Waals surface area contributed by atoms with Gasteiger partial charge in [-0.3, -0.25) is 4.68 Å². The fourth-order valence-electron chi connectivity index (χ4n) is 1.82. The van der Waals surface area contributed by atoms with Crippen molar-refractivity contribution < 1.29 is 4.74 Å². The number of benzene rings is 1. The summed E-state index contributed by atoms with van der Waals surface area (Å²) >= 11 is 6.22. The van der Waals surface area contributed by atoms with Crippen LogP contribution in [-0.2, 0) is 7.05 Å². The molecule has 1 heterocycles. The Kier molecular flexibility index (Phi) is 2.98. The molecule has 1 aromatic heterocycles. The summed E-state index contributed by atoms with van der Waals surface area (Å²) in [5, 5.41) is 4.72. The number of nitrogen functional groups attached to an aromatic ring is 1. The third-order valence-corrected chi connectivity index (χ3v) is 3.08. The van der Waals surface area contributed by atoms with Gasteiger partial charge in [-0.1, -0.05) is 17.7 Å². The first-order chi connectivity index (χ1) is 8.06. The van der Waals surface area contributed by atoms with Crippen molar-refractivity contribution >= 4 is 17.4 Å². The zero-order chi connectivity index (χ0) is 12.6. The maximum Gasteiger partial charge on any atom is 0.131 e. The largest absolute Gasteiger partial charge is 0.496 e. The van der Waals surface area contributed by atoms with E-state index in [1.807, 2.05) is 19.1 Å². The average Bonchev–Trinajstić information content (AvgIpc) is 2.63. The van der Waals surface area contributed by atoms with Gasteiger partial charge in [-0.2, -0.15) is 5.10 Å². The number of aromatic nitrogens is 2. The lowest BCUT2D eigenvalue weighted by Gasteiger charge is -2.12. The molecule has 0 bridgehead atoms. The Hall–Kier alpha value is -1.68. The summed E-state index contributed by atoms with van der Waals surface area (Å²) in [7, 11) is 3.41. The first-order valence-corrected chi connectivity index (χ1v) is 5.55. The third-order valence-electron chi connectivity index (χ3n) is 2.76. The highest BCUT2D eigenvalue weighted by Crippen LogP contribution is 2.40. The van der Waals surface area contributed by atoms with Crippen LogP contribution in [0.1, 0.15) is 5.56 Å². The van der Waals surface area contributed by atoms with Gasteiger partial charge in [-0.15, -0.1) is 0 Å². The third kappa shape index (κ3) is 1.85. The highest BCUT2D eigenvalue weighted by Gasteiger charge is 2.17. The summed E-state index contributed by atoms with van der Waals surface area (Å²) in [6.07, 6.45) is 1.69. The highest BCUT2D eigenvalue weighted by atomic mass is 35.5. The molecule has 2 aromatic rings. The molecule has 0 atom stereocenters. The molecular formula is C12H14ClN3O. The SMILES string of the molecule is COc1c(C)ccc(Cl)c1-c1cnn(C)c1N. The molecule has 17 heavy (non-hydrogen) atoms. The number of methoxy groups -OCH3 is 1. The minimum Gasteiger partial charge on any atom is -0.496 e. The first-order valence-electron chi connectivity index (χ1n) is 5.17. The minimum atomic E-state index is 0.566. The van der Waals surface area contributed by atoms with Crippen LogP contribution < -0.4 is 10.5 Å². The van der Waals surface area contributed by atoms with Gasteiger partial charge in [0, 0.05) is 18.2 Å². The fourth-order valence-corrected chi connectivity index (χ4v) is 2.07. The van der Waals surface area contributed by atoms with Crippen LogP contribution in [0.4, 0.5) is 5.82 Å². The molecule has 0 saturated heterocycles. The van der Waals surface area contributed by atoms with Gasteiger partial charge in [-0.05, 0) is 18.6 Å². The molecule has 90 valence electrons. The summed E-state index contributed by atoms with van der Waals surface area (Å²) < 4.78 is 7.00. The van der Waals surface area contributed by atoms with Crippen LogP contribution in [-0.4, -0.2) is 16.9 Å². The second kappa shape index (κ2) is 4.30. The topological polar surface area (TPSA) is 53.1 Å². The number of hydrogen-bond acceptors (Lipinski definition) is 3. The van der Waals surface area contributed by atoms with E-state index in [-0.39, 0.29) is 0 Å². The molecule has 0 radical (unpaired) electrons. The molecule has 5 heteroatoms. The van der Waals surface area contributed by atoms with Crippen molar-refractivity contribution in [2.45, 2.75) is 6.92 Å². The number of halogens is 1. The molecule has 0 fully saturated rings. The second-order valence-corrected chi connectivity index (χ2v) is 4.25. The molecule has 0 saturated carbocycles. The molecule has 0 aliphatic carbocycles. The van der Waals surface area contributed by atoms with E-state index in [1.165, 1.54) is 0 Å². The summed E-state index contributed by atoms with van der Waals surface area (Å²) in [6, 6.07) is 3.75. The molecule has 2 N–H and O–H groups in total. The summed E-state index contributed by atoms with van der Waals surface area (Å²) in [5.41, 5.74) is 8.55. The summed E-state index contributed by atoms with van der Waals surface area (Å²) in [6.45, 7) is 1.96. The Labute approximate surface area is 105 Å². The lowest BCUT2D eigenvalue weighted by molar-refractivity contribution is 0.413. The van der Waals surface area contributed by atoms with E-state index in [2.05, 4.69) is 5.10 Å². The van der Waals surface area contributed by atoms with Gasteiger partial charge < -0.3 is 10.5 Å². The smallest absolute Gasteiger partial charge is 0.131 e. The number of anilines is 1. The minimum absolute atomic E-state index is 0.566. The fraction of sp³-hybridized carbons (Fsp3) is 0.250. The van der Waals surface area contributed by atoms with E-state index >= 15 is 0 Å². The van der Waals surface area contributed by atoms with E-state index in [0.29, 0.717) is 10.8 Å². The predicted octanol–water partition coefficient (Wildman–Crippen LogP) is 2.64. The van der Waals surface area contributed by atoms with Crippen LogP contribution in [0.5, 0.6) is 5.75 Å². The van der Waals surface area contributed by atoms with Crippen molar-refractivity contribution in [2.75, 3.05) is 12.8 Å². The van der Waals surface area contributed by atoms with E-state index in [9.17, 15) is 0 Å². The number of nitrogens with zero attached hydrogens (tertiary/aromatic N) is 2. The van der Waals surface area contributed by atoms with Crippen molar-refractivity contribution in [1.29, 1.82) is 0 Å². The first kappa shape index (κ1) is 11.8. The van der Waals surface area contributed by atoms with Crippen LogP contribution >= 0.6 is 11.6 Å². The van der Waals surface area contributed by atoms with Gasteiger partial charge in [0.05, 0.1) is 18.3 Å². The standard InChI is InChI=1S/C12H14ClN3O/c1-7-4-5-9(13)10(11(7)17-3)8-6-15-16(2)12(8)14/h4-6H,14H2,1-3H3. The van der Waals surface area contributed by atoms with Gasteiger partial charge in [-0.25, -0.2) is 0 Å². The van der Waals surface area contributed by atoms with Crippen LogP contribution in [0.3, 0.4) is 0 Å². The molecule has 2 rings (SSSR count). The van der Waals surface area contributed by atoms with E-state index < -0.39 is 0 Å². The summed E-state index contributed by atoms with van der Waals surface area (Å²) in [4.78, 5) is 0. The number of nitrogens with two attached hydrogens (primary N) is 1. The van der Waals surface area contributed by atoms with Crippen molar-refractivity contribution in [3.05, 3.63) is 28.9 Å². The highest BCUT2D eigenvalue weighted by molar-refractivity contribution is 6.34. The lowest BCUT2D eigenvalue weighted by atomic mass is 10.0. The number of rotatable bonds is 2. The zero-order valence-electron chi connectivity index (χ0n) is 9.99. The van der Waals surface area contributed by atoms with Crippen molar-refractivity contribution in [3.8, 4) is 16.9 Å². The molecule has 1 aromatic carbocycles. The van der Waals surface area contributed by atoms with Crippen molar-refractivity contribution in [2.24, 2.45) is 7.05 Å². The van der Waals surface area contributed by atoms with Gasteiger partial charge >= 0.3 is 0 Å². The van der Waals surface area contributed by atoms with Crippen LogP contribution in [0.2, 0.25) is 5.02 Å². The Balaban J connectivity index is 2.74. The van der Waals surface area contributed by atoms with Gasteiger partial charge in [0.15, 0.2) is 0 Å². The Morgan fingerprint density at radius 2 is 2.12 bits per heavy atom. The quantitative estimate of drug-likeness (QED) is 0.893. The molecule has 4 nitrogen and oxygen atoms in total.